The molecule has 2 heteroatoms. The topological polar surface area (TPSA) is 12.0 Å². The van der Waals surface area contributed by atoms with Gasteiger partial charge in [-0.1, -0.05) is 51.1 Å². The molecule has 1 saturated heterocycles. The molecule has 1 nitrogen and oxygen atoms in total. The zero-order chi connectivity index (χ0) is 12.3. The molecule has 1 fully saturated rings. The highest BCUT2D eigenvalue weighted by atomic mass is 32.2. The van der Waals surface area contributed by atoms with Crippen molar-refractivity contribution >= 4 is 11.8 Å². The minimum atomic E-state index is 0.493. The summed E-state index contributed by atoms with van der Waals surface area (Å²) in [5.74, 6) is 1.90. The second kappa shape index (κ2) is 5.92. The molecule has 1 aromatic rings. The van der Waals surface area contributed by atoms with E-state index in [9.17, 15) is 0 Å². The minimum Gasteiger partial charge on any atom is -0.306 e. The fourth-order valence-electron chi connectivity index (χ4n) is 2.52. The van der Waals surface area contributed by atoms with E-state index in [4.69, 9.17) is 0 Å². The van der Waals surface area contributed by atoms with Gasteiger partial charge in [-0.05, 0) is 17.9 Å². The summed E-state index contributed by atoms with van der Waals surface area (Å²) in [5, 5.41) is 4.66. The van der Waals surface area contributed by atoms with E-state index in [0.29, 0.717) is 18.0 Å². The fourth-order valence-corrected chi connectivity index (χ4v) is 3.68. The van der Waals surface area contributed by atoms with Crippen molar-refractivity contribution in [3.8, 4) is 0 Å². The van der Waals surface area contributed by atoms with Crippen LogP contribution >= 0.6 is 11.8 Å². The largest absolute Gasteiger partial charge is 0.306 e. The molecule has 0 spiro atoms. The minimum absolute atomic E-state index is 0.493. The summed E-state index contributed by atoms with van der Waals surface area (Å²) in [7, 11) is 0. The van der Waals surface area contributed by atoms with E-state index < -0.39 is 0 Å². The van der Waals surface area contributed by atoms with Gasteiger partial charge < -0.3 is 5.32 Å². The first kappa shape index (κ1) is 13.0. The van der Waals surface area contributed by atoms with Crippen LogP contribution in [-0.2, 0) is 0 Å². The van der Waals surface area contributed by atoms with Gasteiger partial charge in [-0.3, -0.25) is 0 Å². The molecule has 3 atom stereocenters. The number of nitrogens with one attached hydrogen (secondary N) is 1. The molecular weight excluding hydrogens is 226 g/mol. The lowest BCUT2D eigenvalue weighted by molar-refractivity contribution is 0.368. The maximum absolute atomic E-state index is 3.84. The zero-order valence-corrected chi connectivity index (χ0v) is 11.8. The van der Waals surface area contributed by atoms with Crippen LogP contribution in [0, 0.1) is 5.92 Å². The second-order valence-corrected chi connectivity index (χ2v) is 6.85. The van der Waals surface area contributed by atoms with Gasteiger partial charge in [-0.2, -0.15) is 11.8 Å². The van der Waals surface area contributed by atoms with Gasteiger partial charge >= 0.3 is 0 Å². The number of rotatable bonds is 4. The van der Waals surface area contributed by atoms with Crippen molar-refractivity contribution in [3.05, 3.63) is 35.9 Å². The Labute approximate surface area is 109 Å². The molecule has 1 aliphatic heterocycles. The van der Waals surface area contributed by atoms with Crippen LogP contribution in [0.25, 0.3) is 0 Å². The predicted molar refractivity (Wildman–Crippen MR) is 77.5 cm³/mol. The monoisotopic (exact) mass is 249 g/mol. The third-order valence-corrected chi connectivity index (χ3v) is 4.80. The van der Waals surface area contributed by atoms with Crippen molar-refractivity contribution < 1.29 is 0 Å². The molecule has 1 aromatic carbocycles. The first-order chi connectivity index (χ1) is 8.16. The quantitative estimate of drug-likeness (QED) is 0.869. The molecule has 1 heterocycles. The van der Waals surface area contributed by atoms with Crippen molar-refractivity contribution in [1.82, 2.24) is 5.32 Å². The first-order valence-electron chi connectivity index (χ1n) is 6.59. The van der Waals surface area contributed by atoms with Gasteiger partial charge in [-0.25, -0.2) is 0 Å². The molecule has 94 valence electrons. The Morgan fingerprint density at radius 3 is 2.47 bits per heavy atom. The van der Waals surface area contributed by atoms with Crippen LogP contribution in [0.4, 0.5) is 0 Å². The lowest BCUT2D eigenvalue weighted by Crippen LogP contribution is -2.35. The zero-order valence-electron chi connectivity index (χ0n) is 11.0. The smallest absolute Gasteiger partial charge is 0.0346 e. The Morgan fingerprint density at radius 2 is 1.94 bits per heavy atom. The Balaban J connectivity index is 2.03. The molecule has 1 N–H and O–H groups in total. The number of thioether (sulfide) groups is 1. The van der Waals surface area contributed by atoms with Gasteiger partial charge in [0, 0.05) is 23.1 Å². The van der Waals surface area contributed by atoms with Crippen LogP contribution in [0.2, 0.25) is 0 Å². The molecule has 2 rings (SSSR count). The summed E-state index contributed by atoms with van der Waals surface area (Å²) in [6.07, 6.45) is 1.31. The molecule has 0 bridgehead atoms. The van der Waals surface area contributed by atoms with Crippen molar-refractivity contribution in [2.24, 2.45) is 5.92 Å². The third kappa shape index (κ3) is 3.49. The first-order valence-corrected chi connectivity index (χ1v) is 7.64. The summed E-state index contributed by atoms with van der Waals surface area (Å²) < 4.78 is 0. The van der Waals surface area contributed by atoms with Crippen LogP contribution < -0.4 is 5.32 Å². The predicted octanol–water partition coefficient (Wildman–Crippen LogP) is 3.87. The van der Waals surface area contributed by atoms with Gasteiger partial charge in [0.1, 0.15) is 0 Å². The van der Waals surface area contributed by atoms with Gasteiger partial charge in [0.25, 0.3) is 0 Å². The Kier molecular flexibility index (Phi) is 4.52. The normalized spacial score (nSPS) is 26.4. The average Bonchev–Trinajstić information content (AvgIpc) is 2.73. The maximum atomic E-state index is 3.84. The molecule has 0 amide bonds. The fraction of sp³-hybridized carbons (Fsp3) is 0.600. The van der Waals surface area contributed by atoms with E-state index >= 15 is 0 Å². The summed E-state index contributed by atoms with van der Waals surface area (Å²) >= 11 is 2.09. The molecule has 0 radical (unpaired) electrons. The van der Waals surface area contributed by atoms with Gasteiger partial charge in [0.15, 0.2) is 0 Å². The van der Waals surface area contributed by atoms with Gasteiger partial charge in [0.2, 0.25) is 0 Å². The van der Waals surface area contributed by atoms with Gasteiger partial charge in [0.05, 0.1) is 0 Å². The van der Waals surface area contributed by atoms with E-state index in [1.807, 2.05) is 0 Å². The highest BCUT2D eigenvalue weighted by Crippen LogP contribution is 2.29. The molecule has 3 unspecified atom stereocenters. The van der Waals surface area contributed by atoms with E-state index in [0.717, 1.165) is 5.25 Å². The maximum Gasteiger partial charge on any atom is 0.0346 e. The van der Waals surface area contributed by atoms with Crippen LogP contribution in [0.3, 0.4) is 0 Å². The average molecular weight is 249 g/mol. The molecule has 0 saturated carbocycles. The summed E-state index contributed by atoms with van der Waals surface area (Å²) in [4.78, 5) is 0. The lowest BCUT2D eigenvalue weighted by Gasteiger charge is -2.26. The number of benzene rings is 1. The Hall–Kier alpha value is -0.470. The molecular formula is C15H23NS. The van der Waals surface area contributed by atoms with Crippen molar-refractivity contribution in [1.29, 1.82) is 0 Å². The Morgan fingerprint density at radius 1 is 1.24 bits per heavy atom. The molecule has 0 aromatic heterocycles. The van der Waals surface area contributed by atoms with Crippen LogP contribution in [0.5, 0.6) is 0 Å². The highest BCUT2D eigenvalue weighted by molar-refractivity contribution is 8.00. The van der Waals surface area contributed by atoms with Crippen molar-refractivity contribution in [2.45, 2.75) is 44.5 Å². The second-order valence-electron chi connectivity index (χ2n) is 5.38. The number of hydrogen-bond acceptors (Lipinski definition) is 2. The molecule has 17 heavy (non-hydrogen) atoms. The third-order valence-electron chi connectivity index (χ3n) is 3.44. The van der Waals surface area contributed by atoms with Crippen LogP contribution in [-0.4, -0.2) is 17.0 Å². The summed E-state index contributed by atoms with van der Waals surface area (Å²) in [6, 6.07) is 12.0. The molecule has 1 aliphatic rings. The Bertz CT molecular complexity index is 336. The van der Waals surface area contributed by atoms with Crippen LogP contribution in [0.1, 0.15) is 38.8 Å². The van der Waals surface area contributed by atoms with E-state index in [1.165, 1.54) is 17.7 Å². The van der Waals surface area contributed by atoms with E-state index in [1.54, 1.807) is 0 Å². The summed E-state index contributed by atoms with van der Waals surface area (Å²) in [6.45, 7) is 6.94. The number of hydrogen-bond donors (Lipinski definition) is 1. The highest BCUT2D eigenvalue weighted by Gasteiger charge is 2.25. The standard InChI is InChI=1S/C15H23NS/c1-11(2)15(13-7-5-4-6-8-13)16-14-9-12(3)17-10-14/h4-8,11-12,14-16H,9-10H2,1-3H3. The molecule has 0 aliphatic carbocycles. The van der Waals surface area contributed by atoms with Crippen LogP contribution in [0.15, 0.2) is 30.3 Å². The van der Waals surface area contributed by atoms with Crippen molar-refractivity contribution in [3.63, 3.8) is 0 Å². The summed E-state index contributed by atoms with van der Waals surface area (Å²) in [5.41, 5.74) is 1.42. The van der Waals surface area contributed by atoms with Crippen molar-refractivity contribution in [2.75, 3.05) is 5.75 Å². The van der Waals surface area contributed by atoms with Gasteiger partial charge in [-0.15, -0.1) is 0 Å². The lowest BCUT2D eigenvalue weighted by atomic mass is 9.95. The SMILES string of the molecule is CC1CC(NC(c2ccccc2)C(C)C)CS1. The van der Waals surface area contributed by atoms with E-state index in [-0.39, 0.29) is 0 Å². The van der Waals surface area contributed by atoms with E-state index in [2.05, 4.69) is 68.2 Å².